The molecule has 34 heavy (non-hydrogen) atoms. The molecule has 2 aromatic rings. The number of carbonyl (C=O) groups is 4. The molecule has 0 spiro atoms. The van der Waals surface area contributed by atoms with Gasteiger partial charge in [-0.15, -0.1) is 0 Å². The number of rotatable bonds is 8. The third-order valence-corrected chi connectivity index (χ3v) is 3.76. The molecule has 0 amide bonds. The van der Waals surface area contributed by atoms with Crippen LogP contribution in [-0.2, 0) is 19.2 Å². The Hall–Kier alpha value is -5.16. The maximum atomic E-state index is 11.7. The van der Waals surface area contributed by atoms with Crippen molar-refractivity contribution < 1.29 is 38.1 Å². The highest BCUT2D eigenvalue weighted by molar-refractivity contribution is 5.86. The Morgan fingerprint density at radius 2 is 0.882 bits per heavy atom. The third-order valence-electron chi connectivity index (χ3n) is 3.76. The molecule has 8 heteroatoms. The molecule has 0 aliphatic carbocycles. The van der Waals surface area contributed by atoms with E-state index in [0.717, 1.165) is 24.3 Å². The molecule has 0 aliphatic heterocycles. The monoisotopic (exact) mass is 458 g/mol. The SMILES string of the molecule is C=CC(=O)Oc1ccc(C#Cc2ccc(OC(=O)C=C)cc2OC(=O)C=C)c(OC(=O)C=C)c1. The second kappa shape index (κ2) is 12.0. The standard InChI is InChI=1S/C26H18O8/c1-5-23(27)31-19-13-11-17(21(15-19)33-25(29)7-3)9-10-18-12-14-20(32-24(28)6-2)16-22(18)34-26(30)8-4/h5-8,11-16H,1-4H2. The van der Waals surface area contributed by atoms with Gasteiger partial charge in [-0.25, -0.2) is 19.2 Å². The highest BCUT2D eigenvalue weighted by atomic mass is 16.6. The van der Waals surface area contributed by atoms with E-state index >= 15 is 0 Å². The van der Waals surface area contributed by atoms with Crippen molar-refractivity contribution in [3.05, 3.63) is 98.1 Å². The van der Waals surface area contributed by atoms with E-state index in [1.807, 2.05) is 0 Å². The van der Waals surface area contributed by atoms with E-state index in [1.165, 1.54) is 36.4 Å². The van der Waals surface area contributed by atoms with Crippen molar-refractivity contribution in [2.75, 3.05) is 0 Å². The fourth-order valence-electron chi connectivity index (χ4n) is 2.26. The van der Waals surface area contributed by atoms with E-state index in [9.17, 15) is 19.2 Å². The smallest absolute Gasteiger partial charge is 0.335 e. The zero-order chi connectivity index (χ0) is 25.1. The van der Waals surface area contributed by atoms with E-state index in [-0.39, 0.29) is 34.1 Å². The molecule has 0 saturated heterocycles. The van der Waals surface area contributed by atoms with E-state index in [4.69, 9.17) is 18.9 Å². The Balaban J connectivity index is 2.50. The number of carbonyl (C=O) groups excluding carboxylic acids is 4. The molecule has 0 aromatic heterocycles. The molecule has 0 saturated carbocycles. The molecule has 0 heterocycles. The highest BCUT2D eigenvalue weighted by Crippen LogP contribution is 2.27. The van der Waals surface area contributed by atoms with Gasteiger partial charge in [-0.05, 0) is 24.3 Å². The van der Waals surface area contributed by atoms with Crippen LogP contribution in [0.3, 0.4) is 0 Å². The first-order valence-corrected chi connectivity index (χ1v) is 9.46. The van der Waals surface area contributed by atoms with Crippen molar-refractivity contribution in [1.82, 2.24) is 0 Å². The van der Waals surface area contributed by atoms with Gasteiger partial charge in [-0.2, -0.15) is 0 Å². The topological polar surface area (TPSA) is 105 Å². The van der Waals surface area contributed by atoms with Gasteiger partial charge in [0.2, 0.25) is 0 Å². The maximum Gasteiger partial charge on any atom is 0.335 e. The van der Waals surface area contributed by atoms with Gasteiger partial charge in [-0.3, -0.25) is 0 Å². The first-order chi connectivity index (χ1) is 16.3. The summed E-state index contributed by atoms with van der Waals surface area (Å²) in [5.74, 6) is 2.84. The van der Waals surface area contributed by atoms with Crippen LogP contribution in [0.25, 0.3) is 0 Å². The van der Waals surface area contributed by atoms with Crippen molar-refractivity contribution in [2.45, 2.75) is 0 Å². The second-order valence-electron chi connectivity index (χ2n) is 6.07. The van der Waals surface area contributed by atoms with Crippen molar-refractivity contribution in [3.63, 3.8) is 0 Å². The normalized spacial score (nSPS) is 9.29. The fraction of sp³-hybridized carbons (Fsp3) is 0. The lowest BCUT2D eigenvalue weighted by Crippen LogP contribution is -2.07. The lowest BCUT2D eigenvalue weighted by molar-refractivity contribution is -0.130. The quantitative estimate of drug-likeness (QED) is 0.256. The Morgan fingerprint density at radius 1 is 0.559 bits per heavy atom. The first kappa shape index (κ1) is 25.1. The van der Waals surface area contributed by atoms with Gasteiger partial charge >= 0.3 is 23.9 Å². The minimum Gasteiger partial charge on any atom is -0.423 e. The Morgan fingerprint density at radius 3 is 1.21 bits per heavy atom. The summed E-state index contributed by atoms with van der Waals surface area (Å²) in [6.07, 6.45) is 3.86. The van der Waals surface area contributed by atoms with Gasteiger partial charge in [0, 0.05) is 36.4 Å². The zero-order valence-electron chi connectivity index (χ0n) is 17.9. The Bertz CT molecular complexity index is 1160. The predicted molar refractivity (Wildman–Crippen MR) is 122 cm³/mol. The molecule has 0 bridgehead atoms. The Kier molecular flexibility index (Phi) is 8.88. The van der Waals surface area contributed by atoms with Gasteiger partial charge in [0.25, 0.3) is 0 Å². The molecule has 170 valence electrons. The first-order valence-electron chi connectivity index (χ1n) is 9.46. The minimum absolute atomic E-state index is 0.00654. The molecular weight excluding hydrogens is 440 g/mol. The molecular formula is C26H18O8. The molecule has 2 rings (SSSR count). The van der Waals surface area contributed by atoms with Crippen LogP contribution in [0.15, 0.2) is 87.0 Å². The van der Waals surface area contributed by atoms with Gasteiger partial charge in [0.1, 0.15) is 11.5 Å². The molecule has 0 atom stereocenters. The summed E-state index contributed by atoms with van der Waals surface area (Å²) >= 11 is 0. The van der Waals surface area contributed by atoms with Crippen molar-refractivity contribution in [1.29, 1.82) is 0 Å². The molecule has 0 fully saturated rings. The lowest BCUT2D eigenvalue weighted by atomic mass is 10.1. The van der Waals surface area contributed by atoms with Crippen molar-refractivity contribution in [3.8, 4) is 34.8 Å². The molecule has 0 unspecified atom stereocenters. The van der Waals surface area contributed by atoms with E-state index in [0.29, 0.717) is 0 Å². The summed E-state index contributed by atoms with van der Waals surface area (Å²) in [6, 6.07) is 8.38. The summed E-state index contributed by atoms with van der Waals surface area (Å²) in [4.78, 5) is 46.4. The summed E-state index contributed by atoms with van der Waals surface area (Å²) in [6.45, 7) is 13.3. The van der Waals surface area contributed by atoms with Crippen LogP contribution in [0.5, 0.6) is 23.0 Å². The van der Waals surface area contributed by atoms with Crippen LogP contribution in [0.1, 0.15) is 11.1 Å². The number of hydrogen-bond acceptors (Lipinski definition) is 8. The minimum atomic E-state index is -0.760. The van der Waals surface area contributed by atoms with E-state index in [1.54, 1.807) is 0 Å². The molecule has 8 nitrogen and oxygen atoms in total. The zero-order valence-corrected chi connectivity index (χ0v) is 17.9. The maximum absolute atomic E-state index is 11.7. The van der Waals surface area contributed by atoms with Gasteiger partial charge in [0.05, 0.1) is 11.1 Å². The van der Waals surface area contributed by atoms with E-state index in [2.05, 4.69) is 38.2 Å². The van der Waals surface area contributed by atoms with Gasteiger partial charge in [0.15, 0.2) is 11.5 Å². The third kappa shape index (κ3) is 7.21. The van der Waals surface area contributed by atoms with Crippen LogP contribution in [0.4, 0.5) is 0 Å². The molecule has 0 N–H and O–H groups in total. The number of esters is 4. The second-order valence-corrected chi connectivity index (χ2v) is 6.07. The summed E-state index contributed by atoms with van der Waals surface area (Å²) in [5.41, 5.74) is 0.494. The number of ether oxygens (including phenoxy) is 4. The predicted octanol–water partition coefficient (Wildman–Crippen LogP) is 3.45. The molecule has 2 aromatic carbocycles. The van der Waals surface area contributed by atoms with Crippen LogP contribution in [0, 0.1) is 11.8 Å². The average Bonchev–Trinajstić information content (AvgIpc) is 2.83. The number of benzene rings is 2. The van der Waals surface area contributed by atoms with Gasteiger partial charge in [-0.1, -0.05) is 38.2 Å². The van der Waals surface area contributed by atoms with Gasteiger partial charge < -0.3 is 18.9 Å². The van der Waals surface area contributed by atoms with Crippen LogP contribution in [-0.4, -0.2) is 23.9 Å². The lowest BCUT2D eigenvalue weighted by Gasteiger charge is -2.08. The van der Waals surface area contributed by atoms with E-state index < -0.39 is 23.9 Å². The summed E-state index contributed by atoms with van der Waals surface area (Å²) < 4.78 is 20.4. The van der Waals surface area contributed by atoms with Crippen molar-refractivity contribution in [2.24, 2.45) is 0 Å². The van der Waals surface area contributed by atoms with Crippen LogP contribution >= 0.6 is 0 Å². The van der Waals surface area contributed by atoms with Crippen LogP contribution in [0.2, 0.25) is 0 Å². The largest absolute Gasteiger partial charge is 0.423 e. The average molecular weight is 458 g/mol. The Labute approximate surface area is 195 Å². The number of hydrogen-bond donors (Lipinski definition) is 0. The fourth-order valence-corrected chi connectivity index (χ4v) is 2.26. The summed E-state index contributed by atoms with van der Waals surface area (Å²) in [5, 5.41) is 0. The molecule has 0 radical (unpaired) electrons. The summed E-state index contributed by atoms with van der Waals surface area (Å²) in [7, 11) is 0. The highest BCUT2D eigenvalue weighted by Gasteiger charge is 2.12. The van der Waals surface area contributed by atoms with Crippen LogP contribution < -0.4 is 18.9 Å². The molecule has 0 aliphatic rings. The van der Waals surface area contributed by atoms with Crippen molar-refractivity contribution >= 4 is 23.9 Å².